The molecule has 0 N–H and O–H groups in total. The van der Waals surface area contributed by atoms with Gasteiger partial charge in [-0.25, -0.2) is 0 Å². The Bertz CT molecular complexity index is 416. The second-order valence-corrected chi connectivity index (χ2v) is 2.71. The molecule has 0 spiro atoms. The third-order valence-electron chi connectivity index (χ3n) is 1.75. The van der Waals surface area contributed by atoms with Crippen LogP contribution < -0.4 is 0 Å². The normalized spacial score (nSPS) is 8.93. The standard InChI is InChI=1S/C10H7O.C2H4O/c11-10-7-3-5-8-4-1-2-6-9(8)10;1-2-3/h1-7H;2H,1H3. The van der Waals surface area contributed by atoms with Gasteiger partial charge in [0, 0.05) is 5.39 Å². The van der Waals surface area contributed by atoms with Gasteiger partial charge in [0.2, 0.25) is 0 Å². The number of hydrogen-bond donors (Lipinski definition) is 0. The van der Waals surface area contributed by atoms with E-state index < -0.39 is 0 Å². The van der Waals surface area contributed by atoms with Crippen LogP contribution in [-0.4, -0.2) is 6.29 Å². The fraction of sp³-hybridized carbons (Fsp3) is 0.0833. The summed E-state index contributed by atoms with van der Waals surface area (Å²) in [4.78, 5) is 8.81. The first-order chi connectivity index (χ1) is 6.79. The van der Waals surface area contributed by atoms with Gasteiger partial charge in [0.1, 0.15) is 6.29 Å². The molecule has 71 valence electrons. The molecule has 0 atom stereocenters. The minimum absolute atomic E-state index is 0.100. The average Bonchev–Trinajstić information content (AvgIpc) is 2.20. The molecule has 0 unspecified atom stereocenters. The van der Waals surface area contributed by atoms with Gasteiger partial charge >= 0.3 is 0 Å². The first-order valence-corrected chi connectivity index (χ1v) is 4.34. The monoisotopic (exact) mass is 187 g/mol. The Balaban J connectivity index is 0.000000293. The molecule has 0 saturated heterocycles. The van der Waals surface area contributed by atoms with E-state index in [2.05, 4.69) is 0 Å². The molecule has 0 heterocycles. The van der Waals surface area contributed by atoms with Crippen LogP contribution in [0.2, 0.25) is 0 Å². The first-order valence-electron chi connectivity index (χ1n) is 4.34. The number of hydrogen-bond acceptors (Lipinski definition) is 1. The Morgan fingerprint density at radius 3 is 2.21 bits per heavy atom. The van der Waals surface area contributed by atoms with Gasteiger partial charge < -0.3 is 4.79 Å². The van der Waals surface area contributed by atoms with Crippen molar-refractivity contribution in [2.24, 2.45) is 0 Å². The van der Waals surface area contributed by atoms with E-state index in [-0.39, 0.29) is 5.75 Å². The Kier molecular flexibility index (Phi) is 3.68. The molecule has 0 aliphatic rings. The lowest BCUT2D eigenvalue weighted by atomic mass is 10.1. The van der Waals surface area contributed by atoms with Crippen molar-refractivity contribution in [1.29, 1.82) is 0 Å². The number of carbonyl (C=O) groups excluding carboxylic acids is 1. The fourth-order valence-electron chi connectivity index (χ4n) is 1.20. The molecule has 2 aromatic rings. The summed E-state index contributed by atoms with van der Waals surface area (Å²) in [5, 5.41) is 13.0. The quantitative estimate of drug-likeness (QED) is 0.583. The molecular formula is C12H11O2. The SMILES string of the molecule is CC=O.[O]c1cccc2ccccc12. The van der Waals surface area contributed by atoms with Crippen LogP contribution >= 0.6 is 0 Å². The minimum atomic E-state index is 0.100. The largest absolute Gasteiger partial charge is 0.304 e. The minimum Gasteiger partial charge on any atom is -0.304 e. The van der Waals surface area contributed by atoms with Crippen molar-refractivity contribution in [2.45, 2.75) is 6.92 Å². The number of aldehydes is 1. The highest BCUT2D eigenvalue weighted by atomic mass is 16.3. The number of benzene rings is 2. The van der Waals surface area contributed by atoms with Crippen molar-refractivity contribution >= 4 is 17.1 Å². The summed E-state index contributed by atoms with van der Waals surface area (Å²) in [6, 6.07) is 12.9. The molecule has 2 nitrogen and oxygen atoms in total. The zero-order valence-electron chi connectivity index (χ0n) is 7.94. The third kappa shape index (κ3) is 2.33. The van der Waals surface area contributed by atoms with Gasteiger partial charge in [0.25, 0.3) is 0 Å². The summed E-state index contributed by atoms with van der Waals surface area (Å²) in [5.74, 6) is 0.100. The van der Waals surface area contributed by atoms with Crippen LogP contribution in [-0.2, 0) is 9.90 Å². The van der Waals surface area contributed by atoms with Crippen molar-refractivity contribution in [3.8, 4) is 5.75 Å². The molecule has 0 amide bonds. The predicted octanol–water partition coefficient (Wildman–Crippen LogP) is 3.19. The second-order valence-electron chi connectivity index (χ2n) is 2.71. The predicted molar refractivity (Wildman–Crippen MR) is 55.8 cm³/mol. The number of fused-ring (bicyclic) bond motifs is 1. The molecule has 2 rings (SSSR count). The Morgan fingerprint density at radius 2 is 1.57 bits per heavy atom. The van der Waals surface area contributed by atoms with Gasteiger partial charge in [-0.15, -0.1) is 0 Å². The molecule has 14 heavy (non-hydrogen) atoms. The Labute approximate surface area is 82.8 Å². The van der Waals surface area contributed by atoms with Crippen LogP contribution in [0, 0.1) is 0 Å². The van der Waals surface area contributed by atoms with E-state index in [1.54, 1.807) is 12.1 Å². The zero-order chi connectivity index (χ0) is 10.4. The third-order valence-corrected chi connectivity index (χ3v) is 1.75. The summed E-state index contributed by atoms with van der Waals surface area (Å²) in [6.07, 6.45) is 0.750. The molecule has 0 aliphatic carbocycles. The van der Waals surface area contributed by atoms with E-state index in [9.17, 15) is 5.11 Å². The highest BCUT2D eigenvalue weighted by Gasteiger charge is 1.96. The van der Waals surface area contributed by atoms with E-state index in [0.717, 1.165) is 17.1 Å². The number of carbonyl (C=O) groups is 1. The van der Waals surface area contributed by atoms with Crippen LogP contribution in [0.4, 0.5) is 0 Å². The summed E-state index contributed by atoms with van der Waals surface area (Å²) >= 11 is 0. The van der Waals surface area contributed by atoms with Crippen molar-refractivity contribution in [3.05, 3.63) is 42.5 Å². The van der Waals surface area contributed by atoms with E-state index in [1.807, 2.05) is 30.3 Å². The van der Waals surface area contributed by atoms with Gasteiger partial charge in [-0.05, 0) is 18.4 Å². The molecule has 0 aliphatic heterocycles. The van der Waals surface area contributed by atoms with Gasteiger partial charge in [0.05, 0.1) is 0 Å². The van der Waals surface area contributed by atoms with Crippen LogP contribution in [0.3, 0.4) is 0 Å². The van der Waals surface area contributed by atoms with Crippen LogP contribution in [0.25, 0.3) is 10.8 Å². The smallest absolute Gasteiger partial charge is 0.186 e. The Hall–Kier alpha value is -1.83. The highest BCUT2D eigenvalue weighted by Crippen LogP contribution is 2.23. The average molecular weight is 187 g/mol. The van der Waals surface area contributed by atoms with Crippen molar-refractivity contribution < 1.29 is 9.90 Å². The summed E-state index contributed by atoms with van der Waals surface area (Å²) in [5.41, 5.74) is 0. The molecule has 2 aromatic carbocycles. The van der Waals surface area contributed by atoms with E-state index in [1.165, 1.54) is 6.92 Å². The zero-order valence-corrected chi connectivity index (χ0v) is 7.94. The summed E-state index contributed by atoms with van der Waals surface area (Å²) in [6.45, 7) is 1.44. The van der Waals surface area contributed by atoms with Gasteiger partial charge in [-0.3, -0.25) is 5.11 Å². The maximum Gasteiger partial charge on any atom is 0.186 e. The molecule has 0 bridgehead atoms. The molecular weight excluding hydrogens is 176 g/mol. The molecule has 0 aromatic heterocycles. The lowest BCUT2D eigenvalue weighted by molar-refractivity contribution is -0.106. The molecule has 0 saturated carbocycles. The van der Waals surface area contributed by atoms with Crippen molar-refractivity contribution in [2.75, 3.05) is 0 Å². The van der Waals surface area contributed by atoms with E-state index in [4.69, 9.17) is 4.79 Å². The fourth-order valence-corrected chi connectivity index (χ4v) is 1.20. The lowest BCUT2D eigenvalue weighted by Gasteiger charge is -1.95. The van der Waals surface area contributed by atoms with Crippen molar-refractivity contribution in [1.82, 2.24) is 0 Å². The molecule has 2 heteroatoms. The van der Waals surface area contributed by atoms with E-state index in [0.29, 0.717) is 0 Å². The lowest BCUT2D eigenvalue weighted by Crippen LogP contribution is -1.69. The Morgan fingerprint density at radius 1 is 1.00 bits per heavy atom. The van der Waals surface area contributed by atoms with Crippen LogP contribution in [0.15, 0.2) is 42.5 Å². The molecule has 0 fully saturated rings. The number of rotatable bonds is 0. The van der Waals surface area contributed by atoms with E-state index >= 15 is 0 Å². The molecule has 1 radical (unpaired) electrons. The topological polar surface area (TPSA) is 37.0 Å². The van der Waals surface area contributed by atoms with Gasteiger partial charge in [-0.1, -0.05) is 36.4 Å². The van der Waals surface area contributed by atoms with Crippen LogP contribution in [0.1, 0.15) is 6.92 Å². The highest BCUT2D eigenvalue weighted by molar-refractivity contribution is 5.87. The summed E-state index contributed by atoms with van der Waals surface area (Å²) < 4.78 is 0. The summed E-state index contributed by atoms with van der Waals surface area (Å²) in [7, 11) is 0. The van der Waals surface area contributed by atoms with Crippen molar-refractivity contribution in [3.63, 3.8) is 0 Å². The van der Waals surface area contributed by atoms with Gasteiger partial charge in [0.15, 0.2) is 5.75 Å². The van der Waals surface area contributed by atoms with Gasteiger partial charge in [-0.2, -0.15) is 0 Å². The van der Waals surface area contributed by atoms with Crippen LogP contribution in [0.5, 0.6) is 5.75 Å². The maximum atomic E-state index is 11.2. The second kappa shape index (κ2) is 5.02. The maximum absolute atomic E-state index is 11.2. The first kappa shape index (κ1) is 10.3.